The zero-order valence-corrected chi connectivity index (χ0v) is 15.9. The number of hydrogen-bond donors (Lipinski definition) is 1. The molecular weight excluding hydrogens is 326 g/mol. The molecule has 0 radical (unpaired) electrons. The largest absolute Gasteiger partial charge is 0.342 e. The average Bonchev–Trinajstić information content (AvgIpc) is 2.59. The Kier molecular flexibility index (Phi) is 7.07. The van der Waals surface area contributed by atoms with Gasteiger partial charge in [-0.2, -0.15) is 0 Å². The lowest BCUT2D eigenvalue weighted by Crippen LogP contribution is -2.49. The van der Waals surface area contributed by atoms with Crippen molar-refractivity contribution >= 4 is 15.9 Å². The minimum atomic E-state index is -3.15. The van der Waals surface area contributed by atoms with Crippen LogP contribution in [0.5, 0.6) is 0 Å². The van der Waals surface area contributed by atoms with Gasteiger partial charge in [0.2, 0.25) is 15.9 Å². The predicted octanol–water partition coefficient (Wildman–Crippen LogP) is 1.41. The van der Waals surface area contributed by atoms with Gasteiger partial charge < -0.3 is 10.6 Å². The molecule has 7 heteroatoms. The molecule has 0 aliphatic carbocycles. The lowest BCUT2D eigenvalue weighted by molar-refractivity contribution is -0.138. The number of amides is 1. The molecule has 6 nitrogen and oxygen atoms in total. The molecule has 2 fully saturated rings. The second-order valence-electron chi connectivity index (χ2n) is 7.39. The monoisotopic (exact) mass is 359 g/mol. The maximum Gasteiger partial charge on any atom is 0.225 e. The third kappa shape index (κ3) is 4.92. The Morgan fingerprint density at radius 1 is 1.21 bits per heavy atom. The van der Waals surface area contributed by atoms with Crippen LogP contribution in [0.15, 0.2) is 0 Å². The van der Waals surface area contributed by atoms with E-state index in [2.05, 4.69) is 0 Å². The summed E-state index contributed by atoms with van der Waals surface area (Å²) in [5.41, 5.74) is 6.00. The third-order valence-electron chi connectivity index (χ3n) is 5.47. The van der Waals surface area contributed by atoms with Crippen molar-refractivity contribution in [2.75, 3.05) is 31.9 Å². The predicted molar refractivity (Wildman–Crippen MR) is 95.9 cm³/mol. The van der Waals surface area contributed by atoms with E-state index in [0.29, 0.717) is 38.3 Å². The lowest BCUT2D eigenvalue weighted by Gasteiger charge is -2.38. The van der Waals surface area contributed by atoms with Gasteiger partial charge in [-0.15, -0.1) is 0 Å². The van der Waals surface area contributed by atoms with E-state index in [9.17, 15) is 13.2 Å². The molecule has 2 atom stereocenters. The summed E-state index contributed by atoms with van der Waals surface area (Å²) in [7, 11) is -3.15. The molecule has 0 bridgehead atoms. The molecule has 2 rings (SSSR count). The molecule has 0 spiro atoms. The van der Waals surface area contributed by atoms with Crippen molar-refractivity contribution in [3.63, 3.8) is 0 Å². The molecule has 24 heavy (non-hydrogen) atoms. The number of carbonyl (C=O) groups is 1. The van der Waals surface area contributed by atoms with Crippen LogP contribution in [0.1, 0.15) is 52.4 Å². The number of nitrogens with zero attached hydrogens (tertiary/aromatic N) is 2. The third-order valence-corrected chi connectivity index (χ3v) is 7.42. The fourth-order valence-corrected chi connectivity index (χ4v) is 5.41. The number of piperidine rings is 2. The average molecular weight is 360 g/mol. The van der Waals surface area contributed by atoms with E-state index in [1.54, 1.807) is 4.31 Å². The van der Waals surface area contributed by atoms with Crippen LogP contribution in [0.2, 0.25) is 0 Å². The van der Waals surface area contributed by atoms with Crippen LogP contribution < -0.4 is 5.73 Å². The maximum absolute atomic E-state index is 12.8. The van der Waals surface area contributed by atoms with Crippen molar-refractivity contribution < 1.29 is 13.2 Å². The summed E-state index contributed by atoms with van der Waals surface area (Å²) in [6.45, 7) is 6.54. The van der Waals surface area contributed by atoms with E-state index in [-0.39, 0.29) is 23.6 Å². The van der Waals surface area contributed by atoms with Crippen LogP contribution in [0.4, 0.5) is 0 Å². The fraction of sp³-hybridized carbons (Fsp3) is 0.941. The fourth-order valence-electron chi connectivity index (χ4n) is 3.73. The highest BCUT2D eigenvalue weighted by molar-refractivity contribution is 7.89. The number of carbonyl (C=O) groups excluding carboxylic acids is 1. The number of likely N-dealkylation sites (tertiary alicyclic amines) is 1. The van der Waals surface area contributed by atoms with Gasteiger partial charge in [0.1, 0.15) is 0 Å². The van der Waals surface area contributed by atoms with Gasteiger partial charge in [0.25, 0.3) is 0 Å². The van der Waals surface area contributed by atoms with Crippen molar-refractivity contribution in [1.82, 2.24) is 9.21 Å². The highest BCUT2D eigenvalue weighted by atomic mass is 32.2. The lowest BCUT2D eigenvalue weighted by atomic mass is 9.90. The minimum absolute atomic E-state index is 0.0329. The normalized spacial score (nSPS) is 25.6. The van der Waals surface area contributed by atoms with Gasteiger partial charge >= 0.3 is 0 Å². The highest BCUT2D eigenvalue weighted by Gasteiger charge is 2.34. The van der Waals surface area contributed by atoms with Crippen molar-refractivity contribution in [1.29, 1.82) is 0 Å². The van der Waals surface area contributed by atoms with Gasteiger partial charge in [-0.05, 0) is 44.9 Å². The highest BCUT2D eigenvalue weighted by Crippen LogP contribution is 2.26. The van der Waals surface area contributed by atoms with E-state index in [1.807, 2.05) is 18.7 Å². The number of rotatable bonds is 6. The van der Waals surface area contributed by atoms with Gasteiger partial charge in [-0.1, -0.05) is 13.3 Å². The molecule has 2 aliphatic heterocycles. The Morgan fingerprint density at radius 3 is 2.46 bits per heavy atom. The molecule has 2 unspecified atom stereocenters. The topological polar surface area (TPSA) is 83.7 Å². The molecule has 0 aromatic carbocycles. The summed E-state index contributed by atoms with van der Waals surface area (Å²) in [6.07, 6.45) is 4.97. The minimum Gasteiger partial charge on any atom is -0.342 e. The molecule has 140 valence electrons. The maximum atomic E-state index is 12.8. The quantitative estimate of drug-likeness (QED) is 0.777. The first-order valence-corrected chi connectivity index (χ1v) is 11.0. The molecule has 2 heterocycles. The Hall–Kier alpha value is -0.660. The summed E-state index contributed by atoms with van der Waals surface area (Å²) in [4.78, 5) is 14.7. The van der Waals surface area contributed by atoms with Crippen LogP contribution in [0, 0.1) is 11.8 Å². The van der Waals surface area contributed by atoms with Crippen LogP contribution >= 0.6 is 0 Å². The van der Waals surface area contributed by atoms with E-state index < -0.39 is 10.0 Å². The first kappa shape index (κ1) is 19.7. The van der Waals surface area contributed by atoms with E-state index in [4.69, 9.17) is 5.73 Å². The van der Waals surface area contributed by atoms with Gasteiger partial charge in [0, 0.05) is 38.1 Å². The standard InChI is InChI=1S/C17H33N3O3S/c1-3-4-12-24(22,23)20-10-7-15(8-11-20)17(21)19-9-5-6-16(13-19)14(2)18/h14-16H,3-13,18H2,1-2H3. The summed E-state index contributed by atoms with van der Waals surface area (Å²) in [5, 5.41) is 0. The number of nitrogens with two attached hydrogens (primary N) is 1. The zero-order valence-electron chi connectivity index (χ0n) is 15.1. The number of unbranched alkanes of at least 4 members (excludes halogenated alkanes) is 1. The van der Waals surface area contributed by atoms with Crippen LogP contribution in [0.25, 0.3) is 0 Å². The molecule has 1 amide bonds. The molecular formula is C17H33N3O3S. The summed E-state index contributed by atoms with van der Waals surface area (Å²) >= 11 is 0. The van der Waals surface area contributed by atoms with Crippen molar-refractivity contribution in [3.8, 4) is 0 Å². The number of sulfonamides is 1. The first-order valence-electron chi connectivity index (χ1n) is 9.37. The Bertz CT molecular complexity index is 513. The van der Waals surface area contributed by atoms with Crippen molar-refractivity contribution in [3.05, 3.63) is 0 Å². The molecule has 0 saturated carbocycles. The second-order valence-corrected chi connectivity index (χ2v) is 9.48. The van der Waals surface area contributed by atoms with Crippen molar-refractivity contribution in [2.24, 2.45) is 17.6 Å². The summed E-state index contributed by atoms with van der Waals surface area (Å²) < 4.78 is 26.1. The Morgan fingerprint density at radius 2 is 1.88 bits per heavy atom. The molecule has 2 saturated heterocycles. The van der Waals surface area contributed by atoms with Crippen molar-refractivity contribution in [2.45, 2.75) is 58.4 Å². The Balaban J connectivity index is 1.86. The molecule has 2 aliphatic rings. The first-order chi connectivity index (χ1) is 11.3. The number of hydrogen-bond acceptors (Lipinski definition) is 4. The molecule has 0 aromatic heterocycles. The summed E-state index contributed by atoms with van der Waals surface area (Å²) in [6, 6.07) is 0.117. The van der Waals surface area contributed by atoms with E-state index >= 15 is 0 Å². The van der Waals surface area contributed by atoms with Gasteiger partial charge in [-0.25, -0.2) is 12.7 Å². The Labute approximate surface area is 146 Å². The second kappa shape index (κ2) is 8.63. The van der Waals surface area contributed by atoms with Gasteiger partial charge in [0.15, 0.2) is 0 Å². The van der Waals surface area contributed by atoms with E-state index in [0.717, 1.165) is 32.4 Å². The van der Waals surface area contributed by atoms with Gasteiger partial charge in [0.05, 0.1) is 5.75 Å². The summed E-state index contributed by atoms with van der Waals surface area (Å²) in [5.74, 6) is 0.780. The SMILES string of the molecule is CCCCS(=O)(=O)N1CCC(C(=O)N2CCCC(C(C)N)C2)CC1. The van der Waals surface area contributed by atoms with E-state index in [1.165, 1.54) is 0 Å². The van der Waals surface area contributed by atoms with Gasteiger partial charge in [-0.3, -0.25) is 4.79 Å². The molecule has 2 N–H and O–H groups in total. The molecule has 0 aromatic rings. The van der Waals surface area contributed by atoms with Crippen LogP contribution in [-0.4, -0.2) is 61.5 Å². The zero-order chi connectivity index (χ0) is 17.7. The van der Waals surface area contributed by atoms with Crippen LogP contribution in [0.3, 0.4) is 0 Å². The van der Waals surface area contributed by atoms with Crippen LogP contribution in [-0.2, 0) is 14.8 Å². The smallest absolute Gasteiger partial charge is 0.225 e.